The Morgan fingerprint density at radius 2 is 2.23 bits per heavy atom. The van der Waals surface area contributed by atoms with Crippen molar-refractivity contribution in [1.82, 2.24) is 20.9 Å². The molecule has 1 aliphatic heterocycles. The Bertz CT molecular complexity index is 539. The number of urea groups is 1. The molecule has 2 fully saturated rings. The minimum absolute atomic E-state index is 0.0661. The summed E-state index contributed by atoms with van der Waals surface area (Å²) in [6, 6.07) is 4.21. The van der Waals surface area contributed by atoms with Crippen LogP contribution in [-0.2, 0) is 6.54 Å². The van der Waals surface area contributed by atoms with Crippen molar-refractivity contribution >= 4 is 11.8 Å². The third-order valence-electron chi connectivity index (χ3n) is 4.82. The van der Waals surface area contributed by atoms with Crippen molar-refractivity contribution in [3.05, 3.63) is 23.9 Å². The lowest BCUT2D eigenvalue weighted by Crippen LogP contribution is -2.40. The van der Waals surface area contributed by atoms with Gasteiger partial charge in [0.15, 0.2) is 0 Å². The van der Waals surface area contributed by atoms with Crippen LogP contribution in [0.3, 0.4) is 0 Å². The molecule has 1 aromatic rings. The molecule has 22 heavy (non-hydrogen) atoms. The summed E-state index contributed by atoms with van der Waals surface area (Å²) in [4.78, 5) is 18.3. The average molecular weight is 303 g/mol. The molecule has 1 saturated carbocycles. The number of carbonyl (C=O) groups excluding carboxylic acids is 1. The Morgan fingerprint density at radius 1 is 1.45 bits per heavy atom. The number of carbonyl (C=O) groups is 1. The van der Waals surface area contributed by atoms with Gasteiger partial charge in [-0.15, -0.1) is 0 Å². The van der Waals surface area contributed by atoms with E-state index in [9.17, 15) is 4.79 Å². The fourth-order valence-corrected chi connectivity index (χ4v) is 3.24. The predicted molar refractivity (Wildman–Crippen MR) is 86.9 cm³/mol. The second kappa shape index (κ2) is 6.12. The molecule has 0 bridgehead atoms. The molecule has 3 rings (SSSR count). The highest BCUT2D eigenvalue weighted by atomic mass is 16.2. The lowest BCUT2D eigenvalue weighted by Gasteiger charge is -2.23. The van der Waals surface area contributed by atoms with Gasteiger partial charge in [0, 0.05) is 32.9 Å². The van der Waals surface area contributed by atoms with Crippen LogP contribution < -0.4 is 20.9 Å². The molecular formula is C16H25N5O. The highest BCUT2D eigenvalue weighted by molar-refractivity contribution is 5.74. The van der Waals surface area contributed by atoms with E-state index in [1.54, 1.807) is 6.20 Å². The van der Waals surface area contributed by atoms with E-state index in [2.05, 4.69) is 20.9 Å². The van der Waals surface area contributed by atoms with Crippen molar-refractivity contribution in [3.63, 3.8) is 0 Å². The molecule has 0 aromatic carbocycles. The van der Waals surface area contributed by atoms with Gasteiger partial charge in [-0.25, -0.2) is 9.78 Å². The molecule has 2 heterocycles. The van der Waals surface area contributed by atoms with Crippen LogP contribution in [0.1, 0.15) is 24.8 Å². The maximum Gasteiger partial charge on any atom is 0.315 e. The minimum Gasteiger partial charge on any atom is -0.363 e. The van der Waals surface area contributed by atoms with Crippen molar-refractivity contribution < 1.29 is 4.79 Å². The molecule has 3 N–H and O–H groups in total. The molecule has 120 valence electrons. The van der Waals surface area contributed by atoms with E-state index in [0.29, 0.717) is 18.0 Å². The van der Waals surface area contributed by atoms with Gasteiger partial charge in [-0.3, -0.25) is 0 Å². The number of piperidine rings is 1. The topological polar surface area (TPSA) is 69.3 Å². The van der Waals surface area contributed by atoms with E-state index < -0.39 is 0 Å². The van der Waals surface area contributed by atoms with E-state index in [0.717, 1.165) is 30.9 Å². The van der Waals surface area contributed by atoms with Gasteiger partial charge >= 0.3 is 6.03 Å². The predicted octanol–water partition coefficient (Wildman–Crippen LogP) is 1.09. The van der Waals surface area contributed by atoms with Gasteiger partial charge in [0.2, 0.25) is 0 Å². The van der Waals surface area contributed by atoms with E-state index >= 15 is 0 Å². The van der Waals surface area contributed by atoms with E-state index in [1.807, 2.05) is 31.1 Å². The Morgan fingerprint density at radius 3 is 2.95 bits per heavy atom. The third kappa shape index (κ3) is 3.32. The summed E-state index contributed by atoms with van der Waals surface area (Å²) >= 11 is 0. The second-order valence-electron chi connectivity index (χ2n) is 6.61. The fourth-order valence-electron chi connectivity index (χ4n) is 3.24. The quantitative estimate of drug-likeness (QED) is 0.779. The first-order valence-corrected chi connectivity index (χ1v) is 7.96. The maximum absolute atomic E-state index is 12.0. The van der Waals surface area contributed by atoms with E-state index in [4.69, 9.17) is 0 Å². The summed E-state index contributed by atoms with van der Waals surface area (Å²) in [5, 5.41) is 9.44. The molecule has 1 aliphatic carbocycles. The van der Waals surface area contributed by atoms with Gasteiger partial charge in [-0.1, -0.05) is 0 Å². The molecule has 6 nitrogen and oxygen atoms in total. The van der Waals surface area contributed by atoms with Crippen LogP contribution >= 0.6 is 0 Å². The van der Waals surface area contributed by atoms with Gasteiger partial charge < -0.3 is 20.9 Å². The molecule has 2 aliphatic rings. The van der Waals surface area contributed by atoms with Crippen LogP contribution in [0.15, 0.2) is 18.3 Å². The smallest absolute Gasteiger partial charge is 0.315 e. The summed E-state index contributed by atoms with van der Waals surface area (Å²) in [5.41, 5.74) is 1.43. The highest BCUT2D eigenvalue weighted by Crippen LogP contribution is 2.52. The largest absolute Gasteiger partial charge is 0.363 e. The summed E-state index contributed by atoms with van der Waals surface area (Å²) < 4.78 is 0. The van der Waals surface area contributed by atoms with E-state index in [-0.39, 0.29) is 6.03 Å². The first-order valence-electron chi connectivity index (χ1n) is 7.96. The molecule has 1 spiro atoms. The number of rotatable bonds is 4. The molecule has 0 radical (unpaired) electrons. The zero-order valence-electron chi connectivity index (χ0n) is 13.4. The van der Waals surface area contributed by atoms with Gasteiger partial charge in [-0.05, 0) is 55.5 Å². The number of aromatic nitrogens is 1. The second-order valence-corrected chi connectivity index (χ2v) is 6.61. The summed E-state index contributed by atoms with van der Waals surface area (Å²) in [5.74, 6) is 0.899. The van der Waals surface area contributed by atoms with Crippen LogP contribution in [0, 0.1) is 5.41 Å². The Kier molecular flexibility index (Phi) is 4.20. The third-order valence-corrected chi connectivity index (χ3v) is 4.82. The monoisotopic (exact) mass is 303 g/mol. The number of nitrogens with zero attached hydrogens (tertiary/aromatic N) is 2. The summed E-state index contributed by atoms with van der Waals surface area (Å²) in [6.07, 6.45) is 5.25. The van der Waals surface area contributed by atoms with Crippen molar-refractivity contribution in [2.45, 2.75) is 31.8 Å². The van der Waals surface area contributed by atoms with Gasteiger partial charge in [0.1, 0.15) is 5.82 Å². The highest BCUT2D eigenvalue weighted by Gasteiger charge is 2.54. The molecule has 1 saturated heterocycles. The fraction of sp³-hybridized carbons (Fsp3) is 0.625. The average Bonchev–Trinajstić information content (AvgIpc) is 3.17. The van der Waals surface area contributed by atoms with Crippen molar-refractivity contribution in [3.8, 4) is 0 Å². The number of pyridine rings is 1. The van der Waals surface area contributed by atoms with Gasteiger partial charge in [-0.2, -0.15) is 0 Å². The number of hydrogen-bond acceptors (Lipinski definition) is 4. The molecule has 1 aromatic heterocycles. The van der Waals surface area contributed by atoms with Crippen molar-refractivity contribution in [2.24, 2.45) is 5.41 Å². The molecule has 1 atom stereocenters. The summed E-state index contributed by atoms with van der Waals surface area (Å²) in [6.45, 7) is 2.67. The van der Waals surface area contributed by atoms with E-state index in [1.165, 1.54) is 12.8 Å². The number of hydrogen-bond donors (Lipinski definition) is 3. The van der Waals surface area contributed by atoms with Crippen LogP contribution in [-0.4, -0.2) is 44.2 Å². The Hall–Kier alpha value is -1.82. The van der Waals surface area contributed by atoms with Crippen LogP contribution in [0.4, 0.5) is 10.6 Å². The lowest BCUT2D eigenvalue weighted by atomic mass is 9.94. The first kappa shape index (κ1) is 15.1. The normalized spacial score (nSPS) is 22.2. The van der Waals surface area contributed by atoms with Crippen molar-refractivity contribution in [2.75, 3.05) is 32.1 Å². The molecule has 2 amide bonds. The Balaban J connectivity index is 1.46. The Labute approximate surface area is 131 Å². The minimum atomic E-state index is -0.0661. The lowest BCUT2D eigenvalue weighted by molar-refractivity contribution is 0.236. The van der Waals surface area contributed by atoms with Gasteiger partial charge in [0.25, 0.3) is 0 Å². The van der Waals surface area contributed by atoms with Crippen LogP contribution in [0.25, 0.3) is 0 Å². The molecular weight excluding hydrogens is 278 g/mol. The SMILES string of the molecule is CN(C)c1cc(CNC(=O)NC2CC23CCNCC3)ccn1. The number of nitrogens with one attached hydrogen (secondary N) is 3. The van der Waals surface area contributed by atoms with Gasteiger partial charge in [0.05, 0.1) is 0 Å². The molecule has 6 heteroatoms. The first-order chi connectivity index (χ1) is 10.6. The number of anilines is 1. The summed E-state index contributed by atoms with van der Waals surface area (Å²) in [7, 11) is 3.91. The molecule has 1 unspecified atom stereocenters. The van der Waals surface area contributed by atoms with Crippen LogP contribution in [0.5, 0.6) is 0 Å². The zero-order valence-corrected chi connectivity index (χ0v) is 13.4. The maximum atomic E-state index is 12.0. The zero-order chi connectivity index (χ0) is 15.6. The van der Waals surface area contributed by atoms with Crippen LogP contribution in [0.2, 0.25) is 0 Å². The van der Waals surface area contributed by atoms with Crippen molar-refractivity contribution in [1.29, 1.82) is 0 Å². The number of amides is 2. The standard InChI is InChI=1S/C16H25N5O/c1-21(2)14-9-12(3-6-18-14)11-19-15(22)20-13-10-16(13)4-7-17-8-5-16/h3,6,9,13,17H,4-5,7-8,10-11H2,1-2H3,(H2,19,20,22).